The lowest BCUT2D eigenvalue weighted by Crippen LogP contribution is -2.53. The number of fused-ring (bicyclic) bond motifs is 1. The van der Waals surface area contributed by atoms with E-state index in [1.165, 1.54) is 23.5 Å². The number of thiophene rings is 1. The molecule has 0 aliphatic carbocycles. The summed E-state index contributed by atoms with van der Waals surface area (Å²) in [5.41, 5.74) is 0. The number of piperidine rings is 1. The molecule has 1 aliphatic heterocycles. The van der Waals surface area contributed by atoms with Crippen LogP contribution in [0.1, 0.15) is 12.8 Å². The Morgan fingerprint density at radius 1 is 1.40 bits per heavy atom. The Labute approximate surface area is 153 Å². The van der Waals surface area contributed by atoms with Crippen LogP contribution in [0.25, 0.3) is 10.1 Å². The number of hydrogen-bond donors (Lipinski definition) is 2. The summed E-state index contributed by atoms with van der Waals surface area (Å²) in [6, 6.07) is 5.42. The second kappa shape index (κ2) is 6.91. The average Bonchev–Trinajstić information content (AvgIpc) is 2.89. The van der Waals surface area contributed by atoms with Crippen LogP contribution in [0.3, 0.4) is 0 Å². The molecule has 7 nitrogen and oxygen atoms in total. The molecule has 0 unspecified atom stereocenters. The van der Waals surface area contributed by atoms with Crippen molar-refractivity contribution >= 4 is 54.9 Å². The number of nitrogens with zero attached hydrogens (tertiary/aromatic N) is 1. The van der Waals surface area contributed by atoms with Gasteiger partial charge < -0.3 is 10.0 Å². The average molecular weight is 403 g/mol. The Morgan fingerprint density at radius 2 is 2.16 bits per heavy atom. The van der Waals surface area contributed by atoms with E-state index in [1.807, 2.05) is 0 Å². The van der Waals surface area contributed by atoms with E-state index in [4.69, 9.17) is 16.7 Å². The fraction of sp³-hybridized carbons (Fsp3) is 0.333. The first kappa shape index (κ1) is 18.1. The number of carboxylic acids is 1. The van der Waals surface area contributed by atoms with Crippen molar-refractivity contribution in [3.8, 4) is 0 Å². The highest BCUT2D eigenvalue weighted by molar-refractivity contribution is 7.89. The summed E-state index contributed by atoms with van der Waals surface area (Å²) in [6.07, 6.45) is 0.868. The highest BCUT2D eigenvalue weighted by atomic mass is 35.5. The number of hydrogen-bond acceptors (Lipinski definition) is 5. The Bertz CT molecular complexity index is 941. The molecule has 0 radical (unpaired) electrons. The van der Waals surface area contributed by atoms with Crippen molar-refractivity contribution < 1.29 is 23.1 Å². The number of carbonyl (C=O) groups excluding carboxylic acids is 1. The summed E-state index contributed by atoms with van der Waals surface area (Å²) in [4.78, 5) is 24.3. The second-order valence-electron chi connectivity index (χ2n) is 5.72. The normalized spacial score (nSPS) is 18.7. The first-order valence-corrected chi connectivity index (χ1v) is 10.2. The minimum absolute atomic E-state index is 0.0432. The molecule has 0 bridgehead atoms. The summed E-state index contributed by atoms with van der Waals surface area (Å²) in [7, 11) is -3.91. The zero-order valence-corrected chi connectivity index (χ0v) is 15.3. The van der Waals surface area contributed by atoms with Gasteiger partial charge in [-0.25, -0.2) is 8.42 Å². The quantitative estimate of drug-likeness (QED) is 0.795. The number of benzene rings is 1. The van der Waals surface area contributed by atoms with Crippen LogP contribution in [0.15, 0.2) is 29.2 Å². The summed E-state index contributed by atoms with van der Waals surface area (Å²) in [5.74, 6) is -1.64. The third kappa shape index (κ3) is 3.95. The number of aliphatic carboxylic acids is 1. The molecule has 1 saturated heterocycles. The molecule has 2 N–H and O–H groups in total. The molecule has 1 atom stereocenters. The van der Waals surface area contributed by atoms with Crippen molar-refractivity contribution in [2.45, 2.75) is 23.8 Å². The van der Waals surface area contributed by atoms with Crippen LogP contribution >= 0.6 is 22.9 Å². The summed E-state index contributed by atoms with van der Waals surface area (Å²) in [5, 5.41) is 9.68. The SMILES string of the molecule is O=C(O)CN1CCC[C@H](NS(=O)(=O)c2ccc3cc(Cl)sc3c2)C1=O. The first-order chi connectivity index (χ1) is 11.8. The molecule has 10 heteroatoms. The van der Waals surface area contributed by atoms with Gasteiger partial charge in [-0.1, -0.05) is 17.7 Å². The Morgan fingerprint density at radius 3 is 2.88 bits per heavy atom. The number of carboxylic acid groups (broad SMARTS) is 1. The zero-order chi connectivity index (χ0) is 18.2. The number of nitrogens with one attached hydrogen (secondary N) is 1. The minimum Gasteiger partial charge on any atom is -0.480 e. The van der Waals surface area contributed by atoms with Gasteiger partial charge in [0.05, 0.1) is 9.23 Å². The van der Waals surface area contributed by atoms with Gasteiger partial charge in [0.15, 0.2) is 0 Å². The predicted octanol–water partition coefficient (Wildman–Crippen LogP) is 1.91. The fourth-order valence-corrected chi connectivity index (χ4v) is 5.29. The Kier molecular flexibility index (Phi) is 5.01. The van der Waals surface area contributed by atoms with Gasteiger partial charge in [0.25, 0.3) is 0 Å². The molecule has 134 valence electrons. The molecule has 1 aromatic heterocycles. The number of rotatable bonds is 5. The molecular formula is C15H15ClN2O5S2. The van der Waals surface area contributed by atoms with Crippen LogP contribution in [0.2, 0.25) is 4.34 Å². The lowest BCUT2D eigenvalue weighted by atomic mass is 10.1. The lowest BCUT2D eigenvalue weighted by Gasteiger charge is -2.31. The van der Waals surface area contributed by atoms with E-state index >= 15 is 0 Å². The van der Waals surface area contributed by atoms with E-state index in [-0.39, 0.29) is 4.90 Å². The molecular weight excluding hydrogens is 388 g/mol. The summed E-state index contributed by atoms with van der Waals surface area (Å²) in [6.45, 7) is -0.125. The van der Waals surface area contributed by atoms with Crippen LogP contribution < -0.4 is 4.72 Å². The monoisotopic (exact) mass is 402 g/mol. The molecule has 3 rings (SSSR count). The van der Waals surface area contributed by atoms with Crippen LogP contribution in [0.5, 0.6) is 0 Å². The molecule has 1 aliphatic rings. The first-order valence-electron chi connectivity index (χ1n) is 7.48. The number of amides is 1. The van der Waals surface area contributed by atoms with Crippen molar-refractivity contribution in [1.82, 2.24) is 9.62 Å². The maximum Gasteiger partial charge on any atom is 0.323 e. The zero-order valence-electron chi connectivity index (χ0n) is 12.9. The Hall–Kier alpha value is -1.68. The highest BCUT2D eigenvalue weighted by Crippen LogP contribution is 2.31. The molecule has 2 heterocycles. The van der Waals surface area contributed by atoms with Crippen molar-refractivity contribution in [3.63, 3.8) is 0 Å². The summed E-state index contributed by atoms with van der Waals surface area (Å²) < 4.78 is 28.9. The van der Waals surface area contributed by atoms with Crippen LogP contribution in [-0.2, 0) is 19.6 Å². The van der Waals surface area contributed by atoms with Crippen LogP contribution in [0, 0.1) is 0 Å². The third-order valence-electron chi connectivity index (χ3n) is 3.93. The molecule has 1 aromatic carbocycles. The van der Waals surface area contributed by atoms with Crippen molar-refractivity contribution in [1.29, 1.82) is 0 Å². The van der Waals surface area contributed by atoms with Gasteiger partial charge in [-0.2, -0.15) is 4.72 Å². The van der Waals surface area contributed by atoms with Crippen LogP contribution in [0.4, 0.5) is 0 Å². The van der Waals surface area contributed by atoms with Crippen molar-refractivity contribution in [2.24, 2.45) is 0 Å². The number of halogens is 1. The molecule has 1 amide bonds. The smallest absolute Gasteiger partial charge is 0.323 e. The van der Waals surface area contributed by atoms with Gasteiger partial charge in [-0.05, 0) is 36.4 Å². The molecule has 0 saturated carbocycles. The fourth-order valence-electron chi connectivity index (χ4n) is 2.77. The van der Waals surface area contributed by atoms with E-state index in [0.29, 0.717) is 23.7 Å². The van der Waals surface area contributed by atoms with Gasteiger partial charge in [-0.3, -0.25) is 9.59 Å². The third-order valence-corrected chi connectivity index (χ3v) is 6.62. The minimum atomic E-state index is -3.91. The van der Waals surface area contributed by atoms with Crippen molar-refractivity contribution in [2.75, 3.05) is 13.1 Å². The number of carbonyl (C=O) groups is 2. The molecule has 25 heavy (non-hydrogen) atoms. The molecule has 2 aromatic rings. The topological polar surface area (TPSA) is 104 Å². The van der Waals surface area contributed by atoms with Crippen molar-refractivity contribution in [3.05, 3.63) is 28.6 Å². The van der Waals surface area contributed by atoms with E-state index < -0.39 is 34.5 Å². The van der Waals surface area contributed by atoms with E-state index in [1.54, 1.807) is 12.1 Å². The van der Waals surface area contributed by atoms with Gasteiger partial charge >= 0.3 is 5.97 Å². The van der Waals surface area contributed by atoms with E-state index in [2.05, 4.69) is 4.72 Å². The van der Waals surface area contributed by atoms with E-state index in [9.17, 15) is 18.0 Å². The number of sulfonamides is 1. The van der Waals surface area contributed by atoms with E-state index in [0.717, 1.165) is 15.0 Å². The molecule has 0 spiro atoms. The van der Waals surface area contributed by atoms with Gasteiger partial charge in [0.1, 0.15) is 12.6 Å². The molecule has 1 fully saturated rings. The van der Waals surface area contributed by atoms with Gasteiger partial charge in [0, 0.05) is 11.2 Å². The largest absolute Gasteiger partial charge is 0.480 e. The second-order valence-corrected chi connectivity index (χ2v) is 9.15. The number of likely N-dealkylation sites (tertiary alicyclic amines) is 1. The van der Waals surface area contributed by atoms with Crippen LogP contribution in [-0.4, -0.2) is 49.4 Å². The van der Waals surface area contributed by atoms with Gasteiger partial charge in [0.2, 0.25) is 15.9 Å². The highest BCUT2D eigenvalue weighted by Gasteiger charge is 2.33. The van der Waals surface area contributed by atoms with Gasteiger partial charge in [-0.15, -0.1) is 11.3 Å². The predicted molar refractivity (Wildman–Crippen MR) is 94.4 cm³/mol. The maximum absolute atomic E-state index is 12.6. The Balaban J connectivity index is 1.81. The maximum atomic E-state index is 12.6. The lowest BCUT2D eigenvalue weighted by molar-refractivity contribution is -0.146. The summed E-state index contributed by atoms with van der Waals surface area (Å²) >= 11 is 7.21. The standard InChI is InChI=1S/C15H15ClN2O5S2/c16-13-6-9-3-4-10(7-12(9)24-13)25(22,23)17-11-2-1-5-18(15(11)21)8-14(19)20/h3-4,6-7,11,17H,1-2,5,8H2,(H,19,20)/t11-/m0/s1.